The average Bonchev–Trinajstić information content (AvgIpc) is 2.96. The summed E-state index contributed by atoms with van der Waals surface area (Å²) in [6.07, 6.45) is 0. The first-order valence-corrected chi connectivity index (χ1v) is 5.91. The molecule has 0 aliphatic rings. The number of nitrogens with zero attached hydrogens (tertiary/aromatic N) is 4. The molecule has 3 rings (SSSR count). The Hall–Kier alpha value is -3.16. The summed E-state index contributed by atoms with van der Waals surface area (Å²) >= 11 is 0. The van der Waals surface area contributed by atoms with Crippen molar-refractivity contribution in [2.24, 2.45) is 0 Å². The minimum Gasteiger partial charge on any atom is -0.508 e. The van der Waals surface area contributed by atoms with Crippen LogP contribution in [0.25, 0.3) is 23.0 Å². The third-order valence-electron chi connectivity index (χ3n) is 2.65. The van der Waals surface area contributed by atoms with Gasteiger partial charge in [0, 0.05) is 17.7 Å². The van der Waals surface area contributed by atoms with E-state index in [9.17, 15) is 10.2 Å². The molecule has 3 aromatic rings. The number of benzene rings is 1. The Balaban J connectivity index is 1.95. The monoisotopic (exact) mass is 286 g/mol. The summed E-state index contributed by atoms with van der Waals surface area (Å²) in [7, 11) is 1.49. The number of hydrogen-bond donors (Lipinski definition) is 2. The number of aromatic hydroxyl groups is 2. The maximum atomic E-state index is 9.45. The van der Waals surface area contributed by atoms with E-state index in [0.29, 0.717) is 17.1 Å². The van der Waals surface area contributed by atoms with Crippen molar-refractivity contribution in [1.82, 2.24) is 20.3 Å². The van der Waals surface area contributed by atoms with Crippen LogP contribution in [0.3, 0.4) is 0 Å². The Kier molecular flexibility index (Phi) is 3.11. The third kappa shape index (κ3) is 2.59. The molecule has 0 bridgehead atoms. The lowest BCUT2D eigenvalue weighted by molar-refractivity contribution is 0.392. The van der Waals surface area contributed by atoms with Gasteiger partial charge in [-0.05, 0) is 18.2 Å². The fourth-order valence-corrected chi connectivity index (χ4v) is 1.71. The van der Waals surface area contributed by atoms with Crippen LogP contribution in [-0.2, 0) is 0 Å². The minimum atomic E-state index is -0.103. The van der Waals surface area contributed by atoms with Crippen molar-refractivity contribution in [3.63, 3.8) is 0 Å². The minimum absolute atomic E-state index is 0.103. The van der Waals surface area contributed by atoms with Crippen molar-refractivity contribution in [2.45, 2.75) is 0 Å². The first-order valence-electron chi connectivity index (χ1n) is 5.91. The molecule has 1 aromatic carbocycles. The highest BCUT2D eigenvalue weighted by Crippen LogP contribution is 2.28. The lowest BCUT2D eigenvalue weighted by Crippen LogP contribution is -1.93. The fraction of sp³-hybridized carbons (Fsp3) is 0.0769. The Morgan fingerprint density at radius 2 is 1.81 bits per heavy atom. The molecular weight excluding hydrogens is 276 g/mol. The summed E-state index contributed by atoms with van der Waals surface area (Å²) < 4.78 is 10.0. The van der Waals surface area contributed by atoms with Crippen LogP contribution in [0.5, 0.6) is 17.4 Å². The Bertz CT molecular complexity index is 750. The van der Waals surface area contributed by atoms with Crippen LogP contribution in [0.4, 0.5) is 0 Å². The summed E-state index contributed by atoms with van der Waals surface area (Å²) in [5, 5.41) is 30.4. The first-order chi connectivity index (χ1) is 10.2. The maximum Gasteiger partial charge on any atom is 0.258 e. The number of rotatable bonds is 3. The van der Waals surface area contributed by atoms with E-state index in [2.05, 4.69) is 20.3 Å². The highest BCUT2D eigenvalue weighted by Gasteiger charge is 2.13. The molecule has 0 saturated heterocycles. The van der Waals surface area contributed by atoms with Gasteiger partial charge in [0.2, 0.25) is 11.7 Å². The van der Waals surface area contributed by atoms with Gasteiger partial charge < -0.3 is 19.5 Å². The van der Waals surface area contributed by atoms with Crippen LogP contribution in [0.1, 0.15) is 0 Å². The summed E-state index contributed by atoms with van der Waals surface area (Å²) in [6.45, 7) is 0. The van der Waals surface area contributed by atoms with Crippen molar-refractivity contribution in [3.05, 3.63) is 30.3 Å². The molecule has 0 fully saturated rings. The molecule has 0 aliphatic carbocycles. The van der Waals surface area contributed by atoms with E-state index in [1.807, 2.05) is 0 Å². The number of hydrogen-bond acceptors (Lipinski definition) is 8. The summed E-state index contributed by atoms with van der Waals surface area (Å²) in [4.78, 5) is 4.15. The standard InChI is InChI=1S/C13H10N4O4/c1-20-11-3-2-10(15-16-11)12-14-13(21-17-12)7-4-8(18)6-9(19)5-7/h2-6,18-19H,1H3. The van der Waals surface area contributed by atoms with E-state index in [-0.39, 0.29) is 23.2 Å². The SMILES string of the molecule is COc1ccc(-c2noc(-c3cc(O)cc(O)c3)n2)nn1. The van der Waals surface area contributed by atoms with Gasteiger partial charge in [-0.25, -0.2) is 0 Å². The molecule has 0 aliphatic heterocycles. The zero-order valence-electron chi connectivity index (χ0n) is 10.9. The van der Waals surface area contributed by atoms with Crippen LogP contribution in [0.15, 0.2) is 34.9 Å². The van der Waals surface area contributed by atoms with Gasteiger partial charge in [-0.3, -0.25) is 0 Å². The molecule has 0 amide bonds. The van der Waals surface area contributed by atoms with Crippen molar-refractivity contribution in [1.29, 1.82) is 0 Å². The van der Waals surface area contributed by atoms with E-state index in [1.165, 1.54) is 25.3 Å². The number of methoxy groups -OCH3 is 1. The Morgan fingerprint density at radius 3 is 2.43 bits per heavy atom. The highest BCUT2D eigenvalue weighted by molar-refractivity contribution is 5.61. The third-order valence-corrected chi connectivity index (χ3v) is 2.65. The largest absolute Gasteiger partial charge is 0.508 e. The van der Waals surface area contributed by atoms with Crippen LogP contribution in [0, 0.1) is 0 Å². The molecule has 21 heavy (non-hydrogen) atoms. The number of aromatic nitrogens is 4. The Morgan fingerprint density at radius 1 is 1.05 bits per heavy atom. The van der Waals surface area contributed by atoms with Crippen LogP contribution in [0.2, 0.25) is 0 Å². The quantitative estimate of drug-likeness (QED) is 0.746. The molecule has 8 nitrogen and oxygen atoms in total. The van der Waals surface area contributed by atoms with Gasteiger partial charge in [-0.2, -0.15) is 4.98 Å². The fourth-order valence-electron chi connectivity index (χ4n) is 1.71. The zero-order chi connectivity index (χ0) is 14.8. The molecule has 0 saturated carbocycles. The van der Waals surface area contributed by atoms with Crippen molar-refractivity contribution in [3.8, 4) is 40.4 Å². The van der Waals surface area contributed by atoms with E-state index in [1.54, 1.807) is 12.1 Å². The van der Waals surface area contributed by atoms with E-state index < -0.39 is 0 Å². The molecule has 8 heteroatoms. The van der Waals surface area contributed by atoms with Gasteiger partial charge in [0.05, 0.1) is 7.11 Å². The number of phenols is 2. The predicted octanol–water partition coefficient (Wildman–Crippen LogP) is 1.61. The molecule has 0 unspecified atom stereocenters. The summed E-state index contributed by atoms with van der Waals surface area (Å²) in [6, 6.07) is 7.27. The van der Waals surface area contributed by atoms with Crippen LogP contribution >= 0.6 is 0 Å². The molecular formula is C13H10N4O4. The van der Waals surface area contributed by atoms with E-state index >= 15 is 0 Å². The number of phenolic OH excluding ortho intramolecular Hbond substituents is 2. The molecule has 2 N–H and O–H groups in total. The second kappa shape index (κ2) is 5.08. The van der Waals surface area contributed by atoms with Crippen molar-refractivity contribution in [2.75, 3.05) is 7.11 Å². The van der Waals surface area contributed by atoms with Gasteiger partial charge in [0.25, 0.3) is 5.89 Å². The predicted molar refractivity (Wildman–Crippen MR) is 70.6 cm³/mol. The van der Waals surface area contributed by atoms with Crippen molar-refractivity contribution < 1.29 is 19.5 Å². The number of ether oxygens (including phenoxy) is 1. The van der Waals surface area contributed by atoms with E-state index in [0.717, 1.165) is 0 Å². The van der Waals surface area contributed by atoms with Gasteiger partial charge in [0.1, 0.15) is 17.2 Å². The molecule has 106 valence electrons. The normalized spacial score (nSPS) is 10.5. The van der Waals surface area contributed by atoms with Gasteiger partial charge in [-0.1, -0.05) is 5.16 Å². The maximum absolute atomic E-state index is 9.45. The summed E-state index contributed by atoms with van der Waals surface area (Å²) in [5.41, 5.74) is 0.808. The summed E-state index contributed by atoms with van der Waals surface area (Å²) in [5.74, 6) is 0.556. The zero-order valence-corrected chi connectivity index (χ0v) is 10.9. The second-order valence-corrected chi connectivity index (χ2v) is 4.12. The van der Waals surface area contributed by atoms with Gasteiger partial charge in [0.15, 0.2) is 0 Å². The second-order valence-electron chi connectivity index (χ2n) is 4.12. The topological polar surface area (TPSA) is 114 Å². The van der Waals surface area contributed by atoms with Gasteiger partial charge in [-0.15, -0.1) is 10.2 Å². The highest BCUT2D eigenvalue weighted by atomic mass is 16.5. The molecule has 0 radical (unpaired) electrons. The molecule has 2 heterocycles. The lowest BCUT2D eigenvalue weighted by atomic mass is 10.2. The average molecular weight is 286 g/mol. The van der Waals surface area contributed by atoms with Gasteiger partial charge >= 0.3 is 0 Å². The lowest BCUT2D eigenvalue weighted by Gasteiger charge is -1.98. The Labute approximate surface area is 118 Å². The first kappa shape index (κ1) is 12.9. The van der Waals surface area contributed by atoms with E-state index in [4.69, 9.17) is 9.26 Å². The van der Waals surface area contributed by atoms with Crippen molar-refractivity contribution >= 4 is 0 Å². The smallest absolute Gasteiger partial charge is 0.258 e. The molecule has 0 atom stereocenters. The molecule has 0 spiro atoms. The van der Waals surface area contributed by atoms with Crippen LogP contribution < -0.4 is 4.74 Å². The molecule has 2 aromatic heterocycles. The van der Waals surface area contributed by atoms with Crippen LogP contribution in [-0.4, -0.2) is 37.7 Å².